The Bertz CT molecular complexity index is 840. The van der Waals surface area contributed by atoms with Crippen LogP contribution in [0.2, 0.25) is 0 Å². The number of fused-ring (bicyclic) bond motifs is 2. The van der Waals surface area contributed by atoms with Crippen LogP contribution in [0.3, 0.4) is 0 Å². The van der Waals surface area contributed by atoms with Gasteiger partial charge in [0.15, 0.2) is 0 Å². The van der Waals surface area contributed by atoms with Crippen molar-refractivity contribution in [2.45, 2.75) is 0 Å². The largest absolute Gasteiger partial charge is 0.324 e. The van der Waals surface area contributed by atoms with Crippen molar-refractivity contribution in [1.82, 2.24) is 15.0 Å². The van der Waals surface area contributed by atoms with E-state index in [0.717, 1.165) is 6.20 Å². The van der Waals surface area contributed by atoms with Crippen LogP contribution < -0.4 is 5.43 Å². The van der Waals surface area contributed by atoms with Gasteiger partial charge >= 0.3 is 0 Å². The van der Waals surface area contributed by atoms with Gasteiger partial charge in [0.05, 0.1) is 15.7 Å². The number of hydrogen-bond donors (Lipinski definition) is 1. The maximum absolute atomic E-state index is 12.1. The molecule has 0 bridgehead atoms. The molecule has 3 aromatic rings. The summed E-state index contributed by atoms with van der Waals surface area (Å²) in [5.41, 5.74) is 0.174. The summed E-state index contributed by atoms with van der Waals surface area (Å²) in [5, 5.41) is 11.2. The van der Waals surface area contributed by atoms with E-state index < -0.39 is 4.92 Å². The Morgan fingerprint density at radius 2 is 2.00 bits per heavy atom. The highest BCUT2D eigenvalue weighted by Gasteiger charge is 2.12. The number of aromatic nitrogens is 3. The molecule has 18 heavy (non-hydrogen) atoms. The third-order valence-corrected chi connectivity index (χ3v) is 2.62. The minimum atomic E-state index is -0.584. The van der Waals surface area contributed by atoms with Gasteiger partial charge in [-0.1, -0.05) is 0 Å². The van der Waals surface area contributed by atoms with Crippen molar-refractivity contribution in [3.8, 4) is 0 Å². The zero-order valence-electron chi connectivity index (χ0n) is 8.95. The monoisotopic (exact) mass is 242 g/mol. The Balaban J connectivity index is 2.49. The number of hydrogen-bond acceptors (Lipinski definition) is 5. The summed E-state index contributed by atoms with van der Waals surface area (Å²) in [7, 11) is 0. The van der Waals surface area contributed by atoms with Gasteiger partial charge in [0.1, 0.15) is 17.5 Å². The summed E-state index contributed by atoms with van der Waals surface area (Å²) in [6, 6.07) is 4.46. The predicted octanol–water partition coefficient (Wildman–Crippen LogP) is 1.38. The Hall–Kier alpha value is -2.83. The van der Waals surface area contributed by atoms with Crippen molar-refractivity contribution >= 4 is 27.8 Å². The lowest BCUT2D eigenvalue weighted by Gasteiger charge is -2.00. The van der Waals surface area contributed by atoms with E-state index in [4.69, 9.17) is 0 Å². The molecule has 0 unspecified atom stereocenters. The first-order valence-electron chi connectivity index (χ1n) is 5.08. The summed E-state index contributed by atoms with van der Waals surface area (Å²) in [5.74, 6) is 0. The Morgan fingerprint density at radius 3 is 2.78 bits per heavy atom. The molecular formula is C11H6N4O3. The average molecular weight is 242 g/mol. The van der Waals surface area contributed by atoms with Gasteiger partial charge in [-0.05, 0) is 12.1 Å². The Morgan fingerprint density at radius 1 is 1.22 bits per heavy atom. The van der Waals surface area contributed by atoms with Crippen molar-refractivity contribution in [3.63, 3.8) is 0 Å². The molecule has 0 saturated heterocycles. The quantitative estimate of drug-likeness (QED) is 0.394. The molecule has 7 nitrogen and oxygen atoms in total. The number of nitrogens with one attached hydrogen (secondary N) is 1. The van der Waals surface area contributed by atoms with Crippen LogP contribution in [0.25, 0.3) is 22.1 Å². The molecule has 7 heteroatoms. The highest BCUT2D eigenvalue weighted by Crippen LogP contribution is 2.16. The van der Waals surface area contributed by atoms with Gasteiger partial charge in [0, 0.05) is 12.3 Å². The molecule has 3 heterocycles. The first kappa shape index (κ1) is 10.3. The number of nitro groups is 1. The predicted molar refractivity (Wildman–Crippen MR) is 64.3 cm³/mol. The van der Waals surface area contributed by atoms with Crippen LogP contribution in [0.5, 0.6) is 0 Å². The van der Waals surface area contributed by atoms with Gasteiger partial charge < -0.3 is 4.98 Å². The molecule has 0 aliphatic carbocycles. The minimum absolute atomic E-state index is 0.185. The number of rotatable bonds is 1. The van der Waals surface area contributed by atoms with Crippen LogP contribution in [-0.4, -0.2) is 19.9 Å². The fraction of sp³-hybridized carbons (Fsp3) is 0. The van der Waals surface area contributed by atoms with Crippen LogP contribution in [-0.2, 0) is 0 Å². The van der Waals surface area contributed by atoms with Gasteiger partial charge in [0.25, 0.3) is 5.69 Å². The van der Waals surface area contributed by atoms with Gasteiger partial charge in [-0.15, -0.1) is 0 Å². The molecule has 0 amide bonds. The molecule has 0 radical (unpaired) electrons. The lowest BCUT2D eigenvalue weighted by molar-refractivity contribution is -0.385. The second kappa shape index (κ2) is 3.59. The van der Waals surface area contributed by atoms with Crippen molar-refractivity contribution in [1.29, 1.82) is 0 Å². The molecule has 3 aromatic heterocycles. The normalized spacial score (nSPS) is 10.9. The molecule has 0 aromatic carbocycles. The van der Waals surface area contributed by atoms with E-state index in [1.54, 1.807) is 18.3 Å². The molecule has 0 saturated carbocycles. The summed E-state index contributed by atoms with van der Waals surface area (Å²) in [6.45, 7) is 0. The van der Waals surface area contributed by atoms with Crippen LogP contribution in [0, 0.1) is 10.1 Å². The van der Waals surface area contributed by atoms with E-state index in [1.165, 1.54) is 6.07 Å². The van der Waals surface area contributed by atoms with Crippen molar-refractivity contribution in [3.05, 3.63) is 50.9 Å². The highest BCUT2D eigenvalue weighted by molar-refractivity contribution is 5.89. The second-order valence-corrected chi connectivity index (χ2v) is 3.70. The van der Waals surface area contributed by atoms with E-state index in [0.29, 0.717) is 11.0 Å². The van der Waals surface area contributed by atoms with E-state index in [-0.39, 0.29) is 22.1 Å². The minimum Gasteiger partial charge on any atom is -0.324 e. The van der Waals surface area contributed by atoms with Crippen LogP contribution in [0.1, 0.15) is 0 Å². The van der Waals surface area contributed by atoms with Crippen LogP contribution in [0.4, 0.5) is 5.69 Å². The molecule has 0 atom stereocenters. The Kier molecular flexibility index (Phi) is 2.06. The second-order valence-electron chi connectivity index (χ2n) is 3.70. The van der Waals surface area contributed by atoms with Gasteiger partial charge in [-0.2, -0.15) is 0 Å². The fourth-order valence-electron chi connectivity index (χ4n) is 1.77. The summed E-state index contributed by atoms with van der Waals surface area (Å²) < 4.78 is 0. The van der Waals surface area contributed by atoms with E-state index in [2.05, 4.69) is 15.0 Å². The maximum Gasteiger partial charge on any atom is 0.288 e. The third-order valence-electron chi connectivity index (χ3n) is 2.62. The van der Waals surface area contributed by atoms with E-state index in [9.17, 15) is 14.9 Å². The first-order valence-corrected chi connectivity index (χ1v) is 5.08. The highest BCUT2D eigenvalue weighted by atomic mass is 16.6. The Labute approximate surface area is 99.3 Å². The van der Waals surface area contributed by atoms with Crippen LogP contribution >= 0.6 is 0 Å². The van der Waals surface area contributed by atoms with Gasteiger partial charge in [0.2, 0.25) is 5.43 Å². The topological polar surface area (TPSA) is 102 Å². The van der Waals surface area contributed by atoms with E-state index in [1.807, 2.05) is 0 Å². The smallest absolute Gasteiger partial charge is 0.288 e. The number of aromatic amines is 1. The molecule has 3 rings (SSSR count). The van der Waals surface area contributed by atoms with Crippen molar-refractivity contribution in [2.75, 3.05) is 0 Å². The SMILES string of the molecule is O=c1c2cccnc2[nH]c2ncc([N+](=O)[O-])cc12. The standard InChI is InChI=1S/C11H6N4O3/c16-9-7-2-1-3-12-10(7)14-11-8(9)4-6(5-13-11)15(17)18/h1-5H,(H,12,13,14,16). The number of pyridine rings is 3. The zero-order valence-corrected chi connectivity index (χ0v) is 8.95. The number of H-pyrrole nitrogens is 1. The average Bonchev–Trinajstić information content (AvgIpc) is 2.38. The molecule has 0 spiro atoms. The summed E-state index contributed by atoms with van der Waals surface area (Å²) >= 11 is 0. The molecule has 1 N–H and O–H groups in total. The third kappa shape index (κ3) is 1.41. The molecular weight excluding hydrogens is 236 g/mol. The molecule has 88 valence electrons. The first-order chi connectivity index (χ1) is 8.66. The summed E-state index contributed by atoms with van der Waals surface area (Å²) in [6.07, 6.45) is 2.66. The van der Waals surface area contributed by atoms with Crippen molar-refractivity contribution < 1.29 is 4.92 Å². The fourth-order valence-corrected chi connectivity index (χ4v) is 1.77. The molecule has 0 fully saturated rings. The van der Waals surface area contributed by atoms with Gasteiger partial charge in [-0.3, -0.25) is 14.9 Å². The maximum atomic E-state index is 12.1. The lowest BCUT2D eigenvalue weighted by Crippen LogP contribution is -2.06. The lowest BCUT2D eigenvalue weighted by atomic mass is 10.2. The number of nitrogens with zero attached hydrogens (tertiary/aromatic N) is 3. The van der Waals surface area contributed by atoms with Crippen LogP contribution in [0.15, 0.2) is 35.4 Å². The molecule has 0 aliphatic rings. The zero-order chi connectivity index (χ0) is 12.7. The van der Waals surface area contributed by atoms with Gasteiger partial charge in [-0.25, -0.2) is 9.97 Å². The molecule has 0 aliphatic heterocycles. The van der Waals surface area contributed by atoms with E-state index >= 15 is 0 Å². The summed E-state index contributed by atoms with van der Waals surface area (Å²) in [4.78, 5) is 33.0. The van der Waals surface area contributed by atoms with Crippen molar-refractivity contribution in [2.24, 2.45) is 0 Å².